The van der Waals surface area contributed by atoms with E-state index in [1.165, 1.54) is 0 Å². The molecule has 1 aromatic carbocycles. The third-order valence-corrected chi connectivity index (χ3v) is 6.11. The van der Waals surface area contributed by atoms with Gasteiger partial charge in [-0.2, -0.15) is 4.98 Å². The van der Waals surface area contributed by atoms with Crippen molar-refractivity contribution in [3.8, 4) is 0 Å². The molecule has 0 spiro atoms. The number of hydrogen-bond donors (Lipinski definition) is 3. The summed E-state index contributed by atoms with van der Waals surface area (Å²) in [6, 6.07) is 9.96. The number of primary amides is 1. The second-order valence-corrected chi connectivity index (χ2v) is 8.07. The largest absolute Gasteiger partial charge is 0.384 e. The van der Waals surface area contributed by atoms with Gasteiger partial charge in [0.25, 0.3) is 5.91 Å². The number of ether oxygens (including phenoxy) is 1. The summed E-state index contributed by atoms with van der Waals surface area (Å²) >= 11 is 0. The Hall–Kier alpha value is -3.50. The number of para-hydroxylation sites is 1. The molecule has 5 N–H and O–H groups in total. The fraction of sp³-hybridized carbons (Fsp3) is 0.391. The molecule has 1 aliphatic heterocycles. The number of anilines is 3. The number of nitrogens with one attached hydrogen (secondary N) is 1. The van der Waals surface area contributed by atoms with E-state index in [9.17, 15) is 9.59 Å². The number of aryl methyl sites for hydroxylation is 2. The fourth-order valence-corrected chi connectivity index (χ4v) is 4.51. The van der Waals surface area contributed by atoms with E-state index in [0.29, 0.717) is 23.8 Å². The summed E-state index contributed by atoms with van der Waals surface area (Å²) in [5.41, 5.74) is 12.7. The molecule has 0 saturated carbocycles. The number of pyridine rings is 1. The number of carbonyl (C=O) groups is 1. The van der Waals surface area contributed by atoms with Gasteiger partial charge in [0, 0.05) is 31.8 Å². The van der Waals surface area contributed by atoms with Crippen molar-refractivity contribution >= 4 is 34.4 Å². The van der Waals surface area contributed by atoms with Crippen LogP contribution >= 0.6 is 0 Å². The number of nitrogen functional groups attached to an aromatic ring is 1. The highest BCUT2D eigenvalue weighted by molar-refractivity contribution is 6.01. The van der Waals surface area contributed by atoms with Gasteiger partial charge < -0.3 is 25.7 Å². The molecule has 10 nitrogen and oxygen atoms in total. The minimum atomic E-state index is -0.865. The number of methoxy groups -OCH3 is 1. The Labute approximate surface area is 191 Å². The van der Waals surface area contributed by atoms with Crippen molar-refractivity contribution in [2.75, 3.05) is 24.3 Å². The first-order valence-corrected chi connectivity index (χ1v) is 11.0. The Morgan fingerprint density at radius 2 is 2.03 bits per heavy atom. The number of nitrogens with zero attached hydrogens (tertiary/aromatic N) is 4. The third-order valence-electron chi connectivity index (χ3n) is 6.11. The average Bonchev–Trinajstić information content (AvgIpc) is 2.80. The van der Waals surface area contributed by atoms with Crippen LogP contribution in [0.15, 0.2) is 35.1 Å². The Balaban J connectivity index is 1.97. The molecule has 2 aromatic heterocycles. The molecular formula is C23H29N7O3. The molecule has 0 radical (unpaired) electrons. The van der Waals surface area contributed by atoms with Gasteiger partial charge >= 0.3 is 0 Å². The van der Waals surface area contributed by atoms with Crippen molar-refractivity contribution in [1.29, 1.82) is 0 Å². The van der Waals surface area contributed by atoms with Crippen molar-refractivity contribution in [2.24, 2.45) is 5.73 Å². The molecule has 33 heavy (non-hydrogen) atoms. The summed E-state index contributed by atoms with van der Waals surface area (Å²) in [4.78, 5) is 36.7. The lowest BCUT2D eigenvalue weighted by Crippen LogP contribution is -2.47. The molecular weight excluding hydrogens is 422 g/mol. The van der Waals surface area contributed by atoms with E-state index >= 15 is 0 Å². The number of benzene rings is 1. The number of hydrogen-bond acceptors (Lipinski definition) is 8. The summed E-state index contributed by atoms with van der Waals surface area (Å²) in [7, 11) is 1.68. The summed E-state index contributed by atoms with van der Waals surface area (Å²) < 4.78 is 7.19. The quantitative estimate of drug-likeness (QED) is 0.514. The lowest BCUT2D eigenvalue weighted by atomic mass is 10.0. The summed E-state index contributed by atoms with van der Waals surface area (Å²) in [5, 5.41) is 3.60. The van der Waals surface area contributed by atoms with Gasteiger partial charge in [-0.05, 0) is 38.9 Å². The number of carbonyl (C=O) groups excluding carboxylic acids is 1. The van der Waals surface area contributed by atoms with E-state index in [1.807, 2.05) is 37.3 Å². The zero-order valence-corrected chi connectivity index (χ0v) is 19.0. The smallest absolute Gasteiger partial charge is 0.256 e. The zero-order chi connectivity index (χ0) is 23.7. The molecule has 3 aromatic rings. The van der Waals surface area contributed by atoms with Gasteiger partial charge in [0.1, 0.15) is 17.6 Å². The Bertz CT molecular complexity index is 1240. The number of rotatable bonds is 6. The first-order valence-electron chi connectivity index (χ1n) is 11.0. The van der Waals surface area contributed by atoms with Crippen LogP contribution in [0.3, 0.4) is 0 Å². The van der Waals surface area contributed by atoms with Crippen molar-refractivity contribution in [2.45, 2.75) is 45.5 Å². The molecule has 2 atom stereocenters. The first-order chi connectivity index (χ1) is 15.9. The number of nitrogens with two attached hydrogens (primary N) is 2. The fourth-order valence-electron chi connectivity index (χ4n) is 4.51. The Morgan fingerprint density at radius 3 is 2.67 bits per heavy atom. The van der Waals surface area contributed by atoms with Crippen LogP contribution in [0.5, 0.6) is 0 Å². The SMILES string of the molecule is CCn1c(N)c(C(N)=O)c(=O)c2c(C)nc(N(c3ccccc3)C3CCNC(OC)C3)nc21. The third kappa shape index (κ3) is 4.03. The minimum Gasteiger partial charge on any atom is -0.384 e. The van der Waals surface area contributed by atoms with Gasteiger partial charge in [-0.25, -0.2) is 4.98 Å². The van der Waals surface area contributed by atoms with Crippen LogP contribution in [-0.4, -0.2) is 46.4 Å². The molecule has 174 valence electrons. The highest BCUT2D eigenvalue weighted by atomic mass is 16.5. The van der Waals surface area contributed by atoms with E-state index in [0.717, 1.165) is 25.1 Å². The van der Waals surface area contributed by atoms with Gasteiger partial charge in [-0.15, -0.1) is 0 Å². The maximum atomic E-state index is 13.1. The molecule has 0 bridgehead atoms. The van der Waals surface area contributed by atoms with Crippen molar-refractivity contribution < 1.29 is 9.53 Å². The summed E-state index contributed by atoms with van der Waals surface area (Å²) in [5.74, 6) is -0.392. The molecule has 10 heteroatoms. The zero-order valence-electron chi connectivity index (χ0n) is 19.0. The monoisotopic (exact) mass is 451 g/mol. The van der Waals surface area contributed by atoms with Crippen molar-refractivity contribution in [1.82, 2.24) is 19.9 Å². The van der Waals surface area contributed by atoms with Crippen LogP contribution in [0.2, 0.25) is 0 Å². The maximum absolute atomic E-state index is 13.1. The standard InChI is InChI=1S/C23H29N7O3/c1-4-29-20(24)18(21(25)32)19(31)17-13(2)27-23(28-22(17)29)30(14-8-6-5-7-9-14)15-10-11-26-16(12-15)33-3/h5-9,15-16,26H,4,10-12,24H2,1-3H3,(H2,25,32). The molecule has 1 aliphatic rings. The topological polar surface area (TPSA) is 141 Å². The van der Waals surface area contributed by atoms with Gasteiger partial charge in [0.15, 0.2) is 5.65 Å². The van der Waals surface area contributed by atoms with Crippen molar-refractivity contribution in [3.63, 3.8) is 0 Å². The summed E-state index contributed by atoms with van der Waals surface area (Å²) in [6.07, 6.45) is 1.51. The van der Waals surface area contributed by atoms with Gasteiger partial charge in [-0.3, -0.25) is 14.9 Å². The highest BCUT2D eigenvalue weighted by Gasteiger charge is 2.31. The van der Waals surface area contributed by atoms with Crippen LogP contribution in [-0.2, 0) is 11.3 Å². The maximum Gasteiger partial charge on any atom is 0.256 e. The van der Waals surface area contributed by atoms with E-state index in [4.69, 9.17) is 26.2 Å². The molecule has 1 fully saturated rings. The van der Waals surface area contributed by atoms with Gasteiger partial charge in [0.2, 0.25) is 11.4 Å². The average molecular weight is 452 g/mol. The Kier molecular flexibility index (Phi) is 6.30. The second-order valence-electron chi connectivity index (χ2n) is 8.07. The number of amides is 1. The van der Waals surface area contributed by atoms with Crippen LogP contribution in [0, 0.1) is 6.92 Å². The predicted molar refractivity (Wildman–Crippen MR) is 128 cm³/mol. The van der Waals surface area contributed by atoms with E-state index in [-0.39, 0.29) is 29.0 Å². The van der Waals surface area contributed by atoms with E-state index in [1.54, 1.807) is 18.6 Å². The number of aromatic nitrogens is 3. The minimum absolute atomic E-state index is 0.0131. The number of fused-ring (bicyclic) bond motifs is 1. The van der Waals surface area contributed by atoms with Crippen LogP contribution < -0.4 is 27.1 Å². The van der Waals surface area contributed by atoms with Crippen LogP contribution in [0.25, 0.3) is 11.0 Å². The molecule has 1 saturated heterocycles. The predicted octanol–water partition coefficient (Wildman–Crippen LogP) is 1.66. The second kappa shape index (κ2) is 9.16. The van der Waals surface area contributed by atoms with Crippen LogP contribution in [0.1, 0.15) is 35.8 Å². The molecule has 2 unspecified atom stereocenters. The molecule has 4 rings (SSSR count). The van der Waals surface area contributed by atoms with Crippen molar-refractivity contribution in [3.05, 3.63) is 51.8 Å². The van der Waals surface area contributed by atoms with Gasteiger partial charge in [0.05, 0.1) is 11.1 Å². The lowest BCUT2D eigenvalue weighted by molar-refractivity contribution is 0.0461. The molecule has 1 amide bonds. The van der Waals surface area contributed by atoms with E-state index < -0.39 is 11.3 Å². The lowest BCUT2D eigenvalue weighted by Gasteiger charge is -2.37. The normalized spacial score (nSPS) is 18.4. The van der Waals surface area contributed by atoms with E-state index in [2.05, 4.69) is 10.2 Å². The number of piperidine rings is 1. The Morgan fingerprint density at radius 1 is 1.30 bits per heavy atom. The van der Waals surface area contributed by atoms with Gasteiger partial charge in [-0.1, -0.05) is 18.2 Å². The van der Waals surface area contributed by atoms with Crippen LogP contribution in [0.4, 0.5) is 17.5 Å². The summed E-state index contributed by atoms with van der Waals surface area (Å²) in [6.45, 7) is 4.80. The molecule has 3 heterocycles. The first kappa shape index (κ1) is 22.7. The highest BCUT2D eigenvalue weighted by Crippen LogP contribution is 2.31. The molecule has 0 aliphatic carbocycles.